The van der Waals surface area contributed by atoms with Crippen LogP contribution in [-0.4, -0.2) is 16.9 Å². The molecule has 146 valence electrons. The zero-order valence-corrected chi connectivity index (χ0v) is 20.1. The Morgan fingerprint density at radius 3 is 2.23 bits per heavy atom. The highest BCUT2D eigenvalue weighted by Crippen LogP contribution is 2.26. The summed E-state index contributed by atoms with van der Waals surface area (Å²) < 4.78 is 1.56. The van der Waals surface area contributed by atoms with Crippen molar-refractivity contribution in [3.8, 4) is 0 Å². The molecule has 1 unspecified atom stereocenters. The number of allylic oxidation sites excluding steroid dienone is 2. The van der Waals surface area contributed by atoms with Gasteiger partial charge in [-0.2, -0.15) is 0 Å². The SMILES string of the molecule is C=C/C=C(\C=C)C1CCC(Nc2ccc(Br)nc2Br)=N1.CC.CC.CC. The molecule has 3 nitrogen and oxygen atoms in total. The van der Waals surface area contributed by atoms with Crippen LogP contribution >= 0.6 is 31.9 Å². The standard InChI is InChI=1S/C15H15Br2N3.3C2H6/c1-3-5-10(4-2)11-7-9-14(18-11)19-12-6-8-13(16)20-15(12)17;3*1-2/h3-6,8,11H,1-2,7,9H2,(H,18,19);3*1-2H3/b10-5+;;;. The van der Waals surface area contributed by atoms with Crippen molar-refractivity contribution in [1.29, 1.82) is 0 Å². The molecule has 0 spiro atoms. The molecule has 0 amide bonds. The fourth-order valence-corrected chi connectivity index (χ4v) is 3.01. The van der Waals surface area contributed by atoms with Gasteiger partial charge < -0.3 is 5.32 Å². The molecule has 1 aliphatic heterocycles. The number of anilines is 1. The summed E-state index contributed by atoms with van der Waals surface area (Å²) in [5, 5.41) is 3.32. The molecule has 2 rings (SSSR count). The van der Waals surface area contributed by atoms with Crippen LogP contribution in [0.3, 0.4) is 0 Å². The van der Waals surface area contributed by atoms with Crippen molar-refractivity contribution in [2.24, 2.45) is 4.99 Å². The number of hydrogen-bond donors (Lipinski definition) is 1. The van der Waals surface area contributed by atoms with Crippen molar-refractivity contribution < 1.29 is 0 Å². The predicted molar refractivity (Wildman–Crippen MR) is 126 cm³/mol. The summed E-state index contributed by atoms with van der Waals surface area (Å²) in [7, 11) is 0. The summed E-state index contributed by atoms with van der Waals surface area (Å²) in [5.74, 6) is 0.969. The van der Waals surface area contributed by atoms with Crippen LogP contribution in [0, 0.1) is 0 Å². The lowest BCUT2D eigenvalue weighted by Crippen LogP contribution is -2.09. The van der Waals surface area contributed by atoms with Gasteiger partial charge in [0.2, 0.25) is 0 Å². The van der Waals surface area contributed by atoms with E-state index in [1.165, 1.54) is 0 Å². The maximum Gasteiger partial charge on any atom is 0.130 e. The van der Waals surface area contributed by atoms with Crippen molar-refractivity contribution >= 4 is 43.4 Å². The van der Waals surface area contributed by atoms with E-state index in [0.717, 1.165) is 39.1 Å². The fourth-order valence-electron chi connectivity index (χ4n) is 2.04. The predicted octanol–water partition coefficient (Wildman–Crippen LogP) is 7.96. The lowest BCUT2D eigenvalue weighted by molar-refractivity contribution is 0.780. The fraction of sp³-hybridized carbons (Fsp3) is 0.429. The van der Waals surface area contributed by atoms with Crippen LogP contribution in [-0.2, 0) is 0 Å². The van der Waals surface area contributed by atoms with E-state index in [2.05, 4.69) is 55.3 Å². The third-order valence-corrected chi connectivity index (χ3v) is 4.04. The van der Waals surface area contributed by atoms with Crippen molar-refractivity contribution in [1.82, 2.24) is 4.98 Å². The van der Waals surface area contributed by atoms with Gasteiger partial charge in [-0.15, -0.1) is 0 Å². The number of amidine groups is 1. The van der Waals surface area contributed by atoms with Crippen LogP contribution in [0.4, 0.5) is 5.69 Å². The molecule has 0 saturated heterocycles. The highest BCUT2D eigenvalue weighted by atomic mass is 79.9. The van der Waals surface area contributed by atoms with E-state index in [-0.39, 0.29) is 6.04 Å². The van der Waals surface area contributed by atoms with Gasteiger partial charge in [0.05, 0.1) is 11.7 Å². The molecule has 0 aromatic carbocycles. The van der Waals surface area contributed by atoms with Gasteiger partial charge >= 0.3 is 0 Å². The van der Waals surface area contributed by atoms with Gasteiger partial charge in [-0.05, 0) is 56.0 Å². The molecule has 1 aliphatic rings. The van der Waals surface area contributed by atoms with Gasteiger partial charge in [0, 0.05) is 6.42 Å². The molecule has 1 atom stereocenters. The Balaban J connectivity index is 0. The largest absolute Gasteiger partial charge is 0.342 e. The van der Waals surface area contributed by atoms with Gasteiger partial charge in [-0.1, -0.05) is 72.9 Å². The smallest absolute Gasteiger partial charge is 0.130 e. The van der Waals surface area contributed by atoms with Crippen LogP contribution < -0.4 is 5.32 Å². The van der Waals surface area contributed by atoms with Gasteiger partial charge in [-0.3, -0.25) is 4.99 Å². The van der Waals surface area contributed by atoms with E-state index in [4.69, 9.17) is 4.99 Å². The van der Waals surface area contributed by atoms with E-state index < -0.39 is 0 Å². The van der Waals surface area contributed by atoms with Gasteiger partial charge in [0.15, 0.2) is 0 Å². The molecule has 2 heterocycles. The van der Waals surface area contributed by atoms with E-state index in [1.807, 2.05) is 65.8 Å². The van der Waals surface area contributed by atoms with Crippen LogP contribution in [0.25, 0.3) is 0 Å². The van der Waals surface area contributed by atoms with Gasteiger partial charge in [-0.25, -0.2) is 4.98 Å². The molecule has 1 aromatic heterocycles. The molecule has 0 aliphatic carbocycles. The first-order chi connectivity index (χ1) is 12.6. The number of nitrogens with one attached hydrogen (secondary N) is 1. The zero-order valence-electron chi connectivity index (χ0n) is 16.9. The van der Waals surface area contributed by atoms with Crippen LogP contribution in [0.2, 0.25) is 0 Å². The Kier molecular flexibility index (Phi) is 17.9. The molecule has 0 fully saturated rings. The number of rotatable bonds is 4. The number of hydrogen-bond acceptors (Lipinski definition) is 3. The van der Waals surface area contributed by atoms with Crippen LogP contribution in [0.15, 0.2) is 63.3 Å². The highest BCUT2D eigenvalue weighted by molar-refractivity contribution is 9.11. The number of aromatic nitrogens is 1. The molecule has 0 radical (unpaired) electrons. The Labute approximate surface area is 177 Å². The Bertz CT molecular complexity index is 593. The summed E-state index contributed by atoms with van der Waals surface area (Å²) in [6.45, 7) is 19.5. The third-order valence-electron chi connectivity index (χ3n) is 2.99. The van der Waals surface area contributed by atoms with Gasteiger partial charge in [0.1, 0.15) is 15.0 Å². The first kappa shape index (κ1) is 27.0. The minimum absolute atomic E-state index is 0.162. The summed E-state index contributed by atoms with van der Waals surface area (Å²) in [5.41, 5.74) is 2.02. The number of nitrogens with zero attached hydrogens (tertiary/aromatic N) is 2. The average Bonchev–Trinajstić information content (AvgIpc) is 3.15. The molecule has 0 saturated carbocycles. The molecule has 0 bridgehead atoms. The lowest BCUT2D eigenvalue weighted by Gasteiger charge is -2.08. The van der Waals surface area contributed by atoms with Crippen molar-refractivity contribution in [2.75, 3.05) is 5.32 Å². The quantitative estimate of drug-likeness (QED) is 0.346. The zero-order chi connectivity index (χ0) is 20.5. The highest BCUT2D eigenvalue weighted by Gasteiger charge is 2.20. The summed E-state index contributed by atoms with van der Waals surface area (Å²) >= 11 is 6.77. The lowest BCUT2D eigenvalue weighted by atomic mass is 10.0. The maximum atomic E-state index is 4.69. The van der Waals surface area contributed by atoms with E-state index >= 15 is 0 Å². The van der Waals surface area contributed by atoms with E-state index in [0.29, 0.717) is 0 Å². The molecular formula is C21H33Br2N3. The second kappa shape index (κ2) is 17.2. The van der Waals surface area contributed by atoms with Crippen LogP contribution in [0.1, 0.15) is 54.4 Å². The second-order valence-electron chi connectivity index (χ2n) is 4.33. The Morgan fingerprint density at radius 2 is 1.73 bits per heavy atom. The minimum atomic E-state index is 0.162. The van der Waals surface area contributed by atoms with Crippen molar-refractivity contribution in [3.63, 3.8) is 0 Å². The number of halogens is 2. The first-order valence-electron chi connectivity index (χ1n) is 9.25. The van der Waals surface area contributed by atoms with Gasteiger partial charge in [0.25, 0.3) is 0 Å². The Morgan fingerprint density at radius 1 is 1.12 bits per heavy atom. The van der Waals surface area contributed by atoms with E-state index in [9.17, 15) is 0 Å². The minimum Gasteiger partial charge on any atom is -0.342 e. The Hall–Kier alpha value is -1.20. The average molecular weight is 487 g/mol. The summed E-state index contributed by atoms with van der Waals surface area (Å²) in [6.07, 6.45) is 7.47. The molecule has 26 heavy (non-hydrogen) atoms. The first-order valence-corrected chi connectivity index (χ1v) is 10.8. The summed E-state index contributed by atoms with van der Waals surface area (Å²) in [4.78, 5) is 8.98. The molecule has 1 aromatic rings. The van der Waals surface area contributed by atoms with Crippen molar-refractivity contribution in [3.05, 3.63) is 58.3 Å². The van der Waals surface area contributed by atoms with Crippen LogP contribution in [0.5, 0.6) is 0 Å². The second-order valence-corrected chi connectivity index (χ2v) is 5.90. The normalized spacial score (nSPS) is 15.0. The number of aliphatic imine (C=N–C) groups is 1. The van der Waals surface area contributed by atoms with Crippen molar-refractivity contribution in [2.45, 2.75) is 60.4 Å². The topological polar surface area (TPSA) is 37.3 Å². The van der Waals surface area contributed by atoms with E-state index in [1.54, 1.807) is 6.08 Å². The monoisotopic (exact) mass is 485 g/mol. The molecular weight excluding hydrogens is 454 g/mol. The summed E-state index contributed by atoms with van der Waals surface area (Å²) in [6, 6.07) is 4.02. The maximum absolute atomic E-state index is 4.69. The molecule has 5 heteroatoms. The molecule has 1 N–H and O–H groups in total. The number of pyridine rings is 1. The third kappa shape index (κ3) is 9.48.